The summed E-state index contributed by atoms with van der Waals surface area (Å²) < 4.78 is 20.6. The van der Waals surface area contributed by atoms with Gasteiger partial charge in [-0.3, -0.25) is 18.9 Å². The van der Waals surface area contributed by atoms with Gasteiger partial charge in [0.05, 0.1) is 11.3 Å². The zero-order chi connectivity index (χ0) is 23.5. The summed E-state index contributed by atoms with van der Waals surface area (Å²) in [7, 11) is 0. The first-order chi connectivity index (χ1) is 16.6. The number of para-hydroxylation sites is 1. The van der Waals surface area contributed by atoms with Crippen molar-refractivity contribution < 1.29 is 13.9 Å². The van der Waals surface area contributed by atoms with Crippen LogP contribution in [0.1, 0.15) is 21.6 Å². The highest BCUT2D eigenvalue weighted by Gasteiger charge is 2.24. The third kappa shape index (κ3) is 4.85. The normalized spacial score (nSPS) is 14.4. The summed E-state index contributed by atoms with van der Waals surface area (Å²) in [5, 5.41) is 1.85. The van der Waals surface area contributed by atoms with Crippen LogP contribution in [0.3, 0.4) is 0 Å². The number of aromatic nitrogens is 2. The zero-order valence-corrected chi connectivity index (χ0v) is 19.2. The maximum Gasteiger partial charge on any atom is 0.258 e. The number of halogens is 1. The molecular weight excluding hydrogens is 455 g/mol. The maximum absolute atomic E-state index is 13.2. The number of nitrogens with zero attached hydrogens (tertiary/aromatic N) is 4. The van der Waals surface area contributed by atoms with Gasteiger partial charge in [-0.15, -0.1) is 11.3 Å². The van der Waals surface area contributed by atoms with Gasteiger partial charge >= 0.3 is 0 Å². The fraction of sp³-hybridized carbons (Fsp3) is 0.240. The molecule has 0 unspecified atom stereocenters. The molecule has 0 radical (unpaired) electrons. The summed E-state index contributed by atoms with van der Waals surface area (Å²) in [5.74, 6) is 0.132. The molecule has 5 rings (SSSR count). The first-order valence-corrected chi connectivity index (χ1v) is 11.9. The molecule has 1 fully saturated rings. The van der Waals surface area contributed by atoms with Gasteiger partial charge in [0.15, 0.2) is 4.96 Å². The second kappa shape index (κ2) is 9.74. The van der Waals surface area contributed by atoms with Crippen molar-refractivity contribution in [1.29, 1.82) is 0 Å². The van der Waals surface area contributed by atoms with E-state index in [1.54, 1.807) is 40.9 Å². The number of carbonyl (C=O) groups excluding carboxylic acids is 1. The highest BCUT2D eigenvalue weighted by Crippen LogP contribution is 2.22. The average molecular weight is 479 g/mol. The van der Waals surface area contributed by atoms with Crippen LogP contribution >= 0.6 is 11.3 Å². The number of benzene rings is 2. The number of piperazine rings is 1. The molecule has 2 aromatic heterocycles. The van der Waals surface area contributed by atoms with E-state index >= 15 is 0 Å². The van der Waals surface area contributed by atoms with Crippen molar-refractivity contribution in [3.05, 3.63) is 99.2 Å². The highest BCUT2D eigenvalue weighted by atomic mass is 32.1. The number of carbonyl (C=O) groups is 1. The number of amides is 1. The SMILES string of the molecule is O=C(c1ccccc1OCc1ccc(F)cc1)N1CCN(Cc2cc(=O)n3ccsc3n2)CC1. The van der Waals surface area contributed by atoms with Gasteiger partial charge in [-0.2, -0.15) is 0 Å². The molecule has 4 aromatic rings. The van der Waals surface area contributed by atoms with Crippen molar-refractivity contribution in [2.75, 3.05) is 26.2 Å². The van der Waals surface area contributed by atoms with Crippen molar-refractivity contribution in [1.82, 2.24) is 19.2 Å². The Hall–Kier alpha value is -3.56. The molecule has 0 aliphatic carbocycles. The van der Waals surface area contributed by atoms with Crippen LogP contribution in [0.5, 0.6) is 5.75 Å². The Morgan fingerprint density at radius 2 is 1.82 bits per heavy atom. The van der Waals surface area contributed by atoms with Crippen LogP contribution in [-0.2, 0) is 13.2 Å². The van der Waals surface area contributed by atoms with E-state index in [-0.39, 0.29) is 23.9 Å². The molecule has 0 N–H and O–H groups in total. The number of thiazole rings is 1. The second-order valence-corrected chi connectivity index (χ2v) is 8.99. The monoisotopic (exact) mass is 478 g/mol. The topological polar surface area (TPSA) is 67.2 Å². The van der Waals surface area contributed by atoms with Crippen molar-refractivity contribution >= 4 is 22.2 Å². The molecule has 7 nitrogen and oxygen atoms in total. The Labute approximate surface area is 199 Å². The van der Waals surface area contributed by atoms with Crippen LogP contribution in [0.2, 0.25) is 0 Å². The number of ether oxygens (including phenoxy) is 1. The van der Waals surface area contributed by atoms with E-state index < -0.39 is 0 Å². The van der Waals surface area contributed by atoms with E-state index in [1.807, 2.05) is 22.4 Å². The van der Waals surface area contributed by atoms with Gasteiger partial charge in [0.1, 0.15) is 18.2 Å². The molecule has 2 aromatic carbocycles. The Balaban J connectivity index is 1.21. The van der Waals surface area contributed by atoms with E-state index in [0.29, 0.717) is 49.0 Å². The molecule has 0 bridgehead atoms. The van der Waals surface area contributed by atoms with E-state index in [4.69, 9.17) is 4.74 Å². The van der Waals surface area contributed by atoms with Crippen LogP contribution in [0.25, 0.3) is 4.96 Å². The minimum absolute atomic E-state index is 0.0766. The molecule has 1 saturated heterocycles. The maximum atomic E-state index is 13.2. The minimum atomic E-state index is -0.298. The largest absolute Gasteiger partial charge is 0.488 e. The van der Waals surface area contributed by atoms with E-state index in [9.17, 15) is 14.0 Å². The quantitative estimate of drug-likeness (QED) is 0.425. The molecule has 0 saturated carbocycles. The predicted octanol–water partition coefficient (Wildman–Crippen LogP) is 3.43. The standard InChI is InChI=1S/C25H23FN4O3S/c26-19-7-5-18(6-8-19)17-33-22-4-2-1-3-21(22)24(32)29-11-9-28(10-12-29)16-20-15-23(31)30-13-14-34-25(30)27-20/h1-8,13-15H,9-12,16-17H2. The molecule has 9 heteroatoms. The summed E-state index contributed by atoms with van der Waals surface area (Å²) in [4.78, 5) is 34.7. The minimum Gasteiger partial charge on any atom is -0.488 e. The van der Waals surface area contributed by atoms with Gasteiger partial charge in [0, 0.05) is 50.4 Å². The van der Waals surface area contributed by atoms with Gasteiger partial charge in [-0.1, -0.05) is 24.3 Å². The molecule has 1 amide bonds. The van der Waals surface area contributed by atoms with Crippen LogP contribution in [0.4, 0.5) is 4.39 Å². The Morgan fingerprint density at radius 3 is 2.62 bits per heavy atom. The van der Waals surface area contributed by atoms with Crippen molar-refractivity contribution in [3.8, 4) is 5.75 Å². The summed E-state index contributed by atoms with van der Waals surface area (Å²) in [6.45, 7) is 3.35. The zero-order valence-electron chi connectivity index (χ0n) is 18.4. The number of rotatable bonds is 6. The lowest BCUT2D eigenvalue weighted by molar-refractivity contribution is 0.0622. The number of hydrogen-bond acceptors (Lipinski definition) is 6. The molecule has 1 aliphatic heterocycles. The lowest BCUT2D eigenvalue weighted by Crippen LogP contribution is -2.48. The van der Waals surface area contributed by atoms with E-state index in [1.165, 1.54) is 23.5 Å². The third-order valence-electron chi connectivity index (χ3n) is 5.83. The van der Waals surface area contributed by atoms with E-state index in [0.717, 1.165) is 11.3 Å². The van der Waals surface area contributed by atoms with Crippen LogP contribution in [0, 0.1) is 5.82 Å². The van der Waals surface area contributed by atoms with Crippen molar-refractivity contribution in [2.45, 2.75) is 13.2 Å². The Morgan fingerprint density at radius 1 is 1.06 bits per heavy atom. The lowest BCUT2D eigenvalue weighted by Gasteiger charge is -2.34. The summed E-state index contributed by atoms with van der Waals surface area (Å²) >= 11 is 1.44. The van der Waals surface area contributed by atoms with Gasteiger partial charge in [0.25, 0.3) is 11.5 Å². The number of hydrogen-bond donors (Lipinski definition) is 0. The molecule has 34 heavy (non-hydrogen) atoms. The van der Waals surface area contributed by atoms with Gasteiger partial charge in [0.2, 0.25) is 0 Å². The van der Waals surface area contributed by atoms with Crippen LogP contribution in [-0.4, -0.2) is 51.3 Å². The molecule has 0 atom stereocenters. The fourth-order valence-electron chi connectivity index (χ4n) is 3.99. The molecule has 0 spiro atoms. The van der Waals surface area contributed by atoms with E-state index in [2.05, 4.69) is 9.88 Å². The van der Waals surface area contributed by atoms with Gasteiger partial charge in [-0.25, -0.2) is 9.37 Å². The van der Waals surface area contributed by atoms with Crippen LogP contribution < -0.4 is 10.3 Å². The number of fused-ring (bicyclic) bond motifs is 1. The molecule has 174 valence electrons. The van der Waals surface area contributed by atoms with Crippen molar-refractivity contribution in [2.24, 2.45) is 0 Å². The highest BCUT2D eigenvalue weighted by molar-refractivity contribution is 7.15. The summed E-state index contributed by atoms with van der Waals surface area (Å²) in [6.07, 6.45) is 1.73. The van der Waals surface area contributed by atoms with Crippen LogP contribution in [0.15, 0.2) is 71.0 Å². The second-order valence-electron chi connectivity index (χ2n) is 8.12. The smallest absolute Gasteiger partial charge is 0.258 e. The van der Waals surface area contributed by atoms with Gasteiger partial charge in [-0.05, 0) is 29.8 Å². The Kier molecular flexibility index (Phi) is 6.37. The first kappa shape index (κ1) is 22.2. The molecule has 3 heterocycles. The molecular formula is C25H23FN4O3S. The lowest BCUT2D eigenvalue weighted by atomic mass is 10.1. The summed E-state index contributed by atoms with van der Waals surface area (Å²) in [5.41, 5.74) is 2.00. The Bertz CT molecular complexity index is 1360. The first-order valence-electron chi connectivity index (χ1n) is 11.0. The summed E-state index contributed by atoms with van der Waals surface area (Å²) in [6, 6.07) is 14.9. The van der Waals surface area contributed by atoms with Crippen molar-refractivity contribution in [3.63, 3.8) is 0 Å². The average Bonchev–Trinajstić information content (AvgIpc) is 3.33. The predicted molar refractivity (Wildman–Crippen MR) is 128 cm³/mol. The fourth-order valence-corrected chi connectivity index (χ4v) is 4.73. The van der Waals surface area contributed by atoms with Gasteiger partial charge < -0.3 is 9.64 Å². The third-order valence-corrected chi connectivity index (χ3v) is 6.58. The molecule has 1 aliphatic rings.